The van der Waals surface area contributed by atoms with Gasteiger partial charge in [-0.15, -0.1) is 0 Å². The van der Waals surface area contributed by atoms with Crippen molar-refractivity contribution < 1.29 is 19.7 Å². The lowest BCUT2D eigenvalue weighted by Gasteiger charge is -2.38. The first-order valence-corrected chi connectivity index (χ1v) is 6.23. The summed E-state index contributed by atoms with van der Waals surface area (Å²) in [6.45, 7) is 0.576. The first-order chi connectivity index (χ1) is 7.65. The van der Waals surface area contributed by atoms with E-state index in [1.807, 2.05) is 0 Å². The Hall–Kier alpha value is -0.610. The van der Waals surface area contributed by atoms with E-state index in [9.17, 15) is 15.0 Å². The van der Waals surface area contributed by atoms with E-state index in [0.29, 0.717) is 13.0 Å². The molecule has 0 aromatic rings. The summed E-state index contributed by atoms with van der Waals surface area (Å²) in [5, 5.41) is 19.8. The van der Waals surface area contributed by atoms with Crippen LogP contribution in [-0.2, 0) is 9.53 Å². The lowest BCUT2D eigenvalue weighted by atomic mass is 9.79. The maximum absolute atomic E-state index is 11.4. The van der Waals surface area contributed by atoms with Gasteiger partial charge in [-0.25, -0.2) is 4.79 Å². The Morgan fingerprint density at radius 1 is 1.12 bits per heavy atom. The summed E-state index contributed by atoms with van der Waals surface area (Å²) in [5.74, 6) is -1.24. The van der Waals surface area contributed by atoms with E-state index >= 15 is 0 Å². The van der Waals surface area contributed by atoms with Crippen LogP contribution in [0.2, 0.25) is 0 Å². The number of hydrogen-bond acceptors (Lipinski definition) is 3. The van der Waals surface area contributed by atoms with Crippen molar-refractivity contribution in [3.63, 3.8) is 0 Å². The third-order valence-electron chi connectivity index (χ3n) is 3.99. The van der Waals surface area contributed by atoms with Crippen LogP contribution in [-0.4, -0.2) is 34.5 Å². The Kier molecular flexibility index (Phi) is 3.50. The smallest absolute Gasteiger partial charge is 0.338 e. The fourth-order valence-electron chi connectivity index (χ4n) is 3.03. The zero-order chi connectivity index (χ0) is 11.6. The van der Waals surface area contributed by atoms with Crippen molar-refractivity contribution in [1.82, 2.24) is 0 Å². The molecule has 4 heteroatoms. The average Bonchev–Trinajstić information content (AvgIpc) is 2.82. The molecule has 0 aromatic carbocycles. The van der Waals surface area contributed by atoms with Crippen molar-refractivity contribution in [2.45, 2.75) is 56.7 Å². The van der Waals surface area contributed by atoms with Gasteiger partial charge in [-0.2, -0.15) is 0 Å². The molecule has 2 aliphatic rings. The van der Waals surface area contributed by atoms with Gasteiger partial charge in [0, 0.05) is 12.5 Å². The molecule has 2 unspecified atom stereocenters. The van der Waals surface area contributed by atoms with Gasteiger partial charge in [0.05, 0.1) is 6.10 Å². The number of aliphatic carboxylic acids is 1. The summed E-state index contributed by atoms with van der Waals surface area (Å²) in [7, 11) is 0. The first-order valence-electron chi connectivity index (χ1n) is 6.23. The molecule has 0 bridgehead atoms. The first kappa shape index (κ1) is 11.9. The minimum atomic E-state index is -1.66. The molecule has 4 nitrogen and oxygen atoms in total. The van der Waals surface area contributed by atoms with E-state index in [0.717, 1.165) is 38.5 Å². The van der Waals surface area contributed by atoms with Gasteiger partial charge in [0.25, 0.3) is 0 Å². The van der Waals surface area contributed by atoms with Crippen molar-refractivity contribution in [3.05, 3.63) is 0 Å². The van der Waals surface area contributed by atoms with E-state index in [1.165, 1.54) is 0 Å². The highest BCUT2D eigenvalue weighted by molar-refractivity contribution is 5.78. The highest BCUT2D eigenvalue weighted by atomic mass is 16.5. The van der Waals surface area contributed by atoms with Gasteiger partial charge in [0.1, 0.15) is 0 Å². The Labute approximate surface area is 95.6 Å². The van der Waals surface area contributed by atoms with Gasteiger partial charge in [-0.05, 0) is 32.1 Å². The third-order valence-corrected chi connectivity index (χ3v) is 3.99. The molecule has 2 fully saturated rings. The number of carbonyl (C=O) groups is 1. The normalized spacial score (nSPS) is 31.2. The van der Waals surface area contributed by atoms with Crippen LogP contribution < -0.4 is 0 Å². The van der Waals surface area contributed by atoms with Crippen LogP contribution in [0.15, 0.2) is 0 Å². The fraction of sp³-hybridized carbons (Fsp3) is 0.917. The van der Waals surface area contributed by atoms with Crippen LogP contribution in [0.3, 0.4) is 0 Å². The van der Waals surface area contributed by atoms with E-state index < -0.39 is 17.7 Å². The highest BCUT2D eigenvalue weighted by Crippen LogP contribution is 2.39. The second-order valence-electron chi connectivity index (χ2n) is 4.97. The molecule has 0 spiro atoms. The molecule has 2 atom stereocenters. The van der Waals surface area contributed by atoms with Crippen molar-refractivity contribution in [2.75, 3.05) is 6.61 Å². The Balaban J connectivity index is 2.15. The van der Waals surface area contributed by atoms with Gasteiger partial charge >= 0.3 is 5.97 Å². The number of rotatable bonds is 3. The molecule has 1 aliphatic carbocycles. The molecule has 92 valence electrons. The molecule has 1 saturated heterocycles. The molecule has 0 aromatic heterocycles. The standard InChI is InChI=1S/C12H20O4/c13-11(14)12(15,9-5-1-2-6-9)10-7-3-4-8-16-10/h9-10,15H,1-8H2,(H,13,14). The molecule has 2 N–H and O–H groups in total. The predicted octanol–water partition coefficient (Wildman–Crippen LogP) is 1.56. The van der Waals surface area contributed by atoms with E-state index in [1.54, 1.807) is 0 Å². The average molecular weight is 228 g/mol. The summed E-state index contributed by atoms with van der Waals surface area (Å²) >= 11 is 0. The number of carboxylic acid groups (broad SMARTS) is 1. The molecule has 0 radical (unpaired) electrons. The molecule has 0 amide bonds. The van der Waals surface area contributed by atoms with Crippen molar-refractivity contribution in [1.29, 1.82) is 0 Å². The number of hydrogen-bond donors (Lipinski definition) is 2. The lowest BCUT2D eigenvalue weighted by Crippen LogP contribution is -2.56. The zero-order valence-electron chi connectivity index (χ0n) is 9.52. The molecule has 2 rings (SSSR count). The van der Waals surface area contributed by atoms with E-state index in [-0.39, 0.29) is 5.92 Å². The van der Waals surface area contributed by atoms with Crippen molar-refractivity contribution in [3.8, 4) is 0 Å². The predicted molar refractivity (Wildman–Crippen MR) is 58.1 cm³/mol. The third kappa shape index (κ3) is 1.96. The lowest BCUT2D eigenvalue weighted by molar-refractivity contribution is -0.193. The maximum Gasteiger partial charge on any atom is 0.338 e. The molecule has 1 heterocycles. The van der Waals surface area contributed by atoms with Crippen molar-refractivity contribution >= 4 is 5.97 Å². The zero-order valence-corrected chi connectivity index (χ0v) is 9.52. The summed E-state index contributed by atoms with van der Waals surface area (Å²) < 4.78 is 5.49. The molecular weight excluding hydrogens is 208 g/mol. The number of carboxylic acids is 1. The van der Waals surface area contributed by atoms with Gasteiger partial charge in [-0.3, -0.25) is 0 Å². The second-order valence-corrected chi connectivity index (χ2v) is 4.97. The molecule has 1 aliphatic heterocycles. The Bertz CT molecular complexity index is 254. The van der Waals surface area contributed by atoms with Crippen LogP contribution in [0.5, 0.6) is 0 Å². The Morgan fingerprint density at radius 2 is 1.75 bits per heavy atom. The topological polar surface area (TPSA) is 66.8 Å². The maximum atomic E-state index is 11.4. The quantitative estimate of drug-likeness (QED) is 0.769. The van der Waals surface area contributed by atoms with Gasteiger partial charge in [-0.1, -0.05) is 12.8 Å². The minimum absolute atomic E-state index is 0.131. The largest absolute Gasteiger partial charge is 0.479 e. The van der Waals surface area contributed by atoms with Crippen molar-refractivity contribution in [2.24, 2.45) is 5.92 Å². The summed E-state index contributed by atoms with van der Waals surface area (Å²) in [6, 6.07) is 0. The van der Waals surface area contributed by atoms with Crippen LogP contribution in [0.25, 0.3) is 0 Å². The fourth-order valence-corrected chi connectivity index (χ4v) is 3.03. The van der Waals surface area contributed by atoms with Crippen LogP contribution >= 0.6 is 0 Å². The van der Waals surface area contributed by atoms with E-state index in [2.05, 4.69) is 0 Å². The van der Waals surface area contributed by atoms with Crippen LogP contribution in [0.4, 0.5) is 0 Å². The summed E-state index contributed by atoms with van der Waals surface area (Å²) in [5.41, 5.74) is -1.66. The molecule has 16 heavy (non-hydrogen) atoms. The van der Waals surface area contributed by atoms with Crippen LogP contribution in [0.1, 0.15) is 44.9 Å². The highest BCUT2D eigenvalue weighted by Gasteiger charge is 2.52. The molecular formula is C12H20O4. The van der Waals surface area contributed by atoms with Gasteiger partial charge < -0.3 is 14.9 Å². The van der Waals surface area contributed by atoms with Crippen LogP contribution in [0, 0.1) is 5.92 Å². The SMILES string of the molecule is O=C(O)C(O)(C1CCCC1)C1CCCCO1. The van der Waals surface area contributed by atoms with E-state index in [4.69, 9.17) is 4.74 Å². The summed E-state index contributed by atoms with van der Waals surface area (Å²) in [4.78, 5) is 11.4. The second kappa shape index (κ2) is 4.72. The number of aliphatic hydroxyl groups is 1. The van der Waals surface area contributed by atoms with Gasteiger partial charge in [0.15, 0.2) is 5.60 Å². The molecule has 1 saturated carbocycles. The summed E-state index contributed by atoms with van der Waals surface area (Å²) in [6.07, 6.45) is 5.73. The monoisotopic (exact) mass is 228 g/mol. The van der Waals surface area contributed by atoms with Gasteiger partial charge in [0.2, 0.25) is 0 Å². The Morgan fingerprint density at radius 3 is 2.25 bits per heavy atom. The minimum Gasteiger partial charge on any atom is -0.479 e. The number of ether oxygens (including phenoxy) is 1.